The van der Waals surface area contributed by atoms with E-state index in [1.165, 1.54) is 0 Å². The van der Waals surface area contributed by atoms with Crippen molar-refractivity contribution in [2.45, 2.75) is 31.9 Å². The average Bonchev–Trinajstić information content (AvgIpc) is 2.36. The molecule has 0 aliphatic carbocycles. The number of hydrogen-bond acceptors (Lipinski definition) is 5. The number of fused-ring (bicyclic) bond motifs is 1. The number of nitrogens with zero attached hydrogens (tertiary/aromatic N) is 1. The van der Waals surface area contributed by atoms with E-state index in [2.05, 4.69) is 4.40 Å². The summed E-state index contributed by atoms with van der Waals surface area (Å²) in [6.45, 7) is 2.01. The van der Waals surface area contributed by atoms with Gasteiger partial charge >= 0.3 is 0 Å². The molecule has 2 rings (SSSR count). The molecule has 0 spiro atoms. The molecule has 6 nitrogen and oxygen atoms in total. The van der Waals surface area contributed by atoms with Crippen molar-refractivity contribution in [3.05, 3.63) is 29.3 Å². The molecular formula is C14H18N2O4S. The highest BCUT2D eigenvalue weighted by Crippen LogP contribution is 2.28. The Morgan fingerprint density at radius 2 is 2.14 bits per heavy atom. The zero-order chi connectivity index (χ0) is 15.5. The van der Waals surface area contributed by atoms with Crippen molar-refractivity contribution in [2.24, 2.45) is 10.1 Å². The van der Waals surface area contributed by atoms with Gasteiger partial charge in [-0.1, -0.05) is 12.1 Å². The van der Waals surface area contributed by atoms with Gasteiger partial charge in [0.05, 0.1) is 17.9 Å². The Morgan fingerprint density at radius 3 is 2.86 bits per heavy atom. The predicted octanol–water partition coefficient (Wildman–Crippen LogP) is 1.37. The molecule has 0 fully saturated rings. The van der Waals surface area contributed by atoms with E-state index in [4.69, 9.17) is 10.5 Å². The van der Waals surface area contributed by atoms with Crippen LogP contribution in [0.2, 0.25) is 0 Å². The number of unbranched alkanes of at least 4 members (excludes halogenated alkanes) is 1. The lowest BCUT2D eigenvalue weighted by Gasteiger charge is -2.18. The van der Waals surface area contributed by atoms with Gasteiger partial charge in [0.25, 0.3) is 10.0 Å². The third kappa shape index (κ3) is 4.04. The molecule has 0 saturated carbocycles. The molecule has 7 heteroatoms. The van der Waals surface area contributed by atoms with Crippen molar-refractivity contribution in [1.82, 2.24) is 0 Å². The van der Waals surface area contributed by atoms with Crippen LogP contribution in [-0.2, 0) is 20.6 Å². The fourth-order valence-corrected chi connectivity index (χ4v) is 3.28. The molecule has 0 atom stereocenters. The first kappa shape index (κ1) is 15.5. The molecule has 0 unspecified atom stereocenters. The molecule has 0 saturated heterocycles. The lowest BCUT2D eigenvalue weighted by atomic mass is 10.1. The van der Waals surface area contributed by atoms with E-state index < -0.39 is 10.0 Å². The standard InChI is InChI=1S/C14H18N2O4S/c1-10(17)5-2-3-8-20-12-7-4-6-11-9-21(18,19)16-14(15)13(11)12/h4,6-7H,2-3,5,8-9H2,1H3,(H2,15,16). The zero-order valence-corrected chi connectivity index (χ0v) is 12.6. The Labute approximate surface area is 124 Å². The predicted molar refractivity (Wildman–Crippen MR) is 79.8 cm³/mol. The van der Waals surface area contributed by atoms with Gasteiger partial charge in [-0.3, -0.25) is 0 Å². The van der Waals surface area contributed by atoms with Crippen LogP contribution in [-0.4, -0.2) is 26.6 Å². The zero-order valence-electron chi connectivity index (χ0n) is 11.8. The molecule has 0 aromatic heterocycles. The van der Waals surface area contributed by atoms with Gasteiger partial charge in [0.2, 0.25) is 0 Å². The summed E-state index contributed by atoms with van der Waals surface area (Å²) in [7, 11) is -3.53. The molecule has 0 bridgehead atoms. The topological polar surface area (TPSA) is 98.8 Å². The minimum absolute atomic E-state index is 0.0319. The molecule has 114 valence electrons. The average molecular weight is 310 g/mol. The fourth-order valence-electron chi connectivity index (χ4n) is 2.19. The van der Waals surface area contributed by atoms with Gasteiger partial charge in [0.15, 0.2) is 0 Å². The highest BCUT2D eigenvalue weighted by molar-refractivity contribution is 7.89. The van der Waals surface area contributed by atoms with Crippen LogP contribution >= 0.6 is 0 Å². The summed E-state index contributed by atoms with van der Waals surface area (Å²) in [6, 6.07) is 5.18. The number of rotatable bonds is 6. The minimum atomic E-state index is -3.53. The highest BCUT2D eigenvalue weighted by Gasteiger charge is 2.24. The van der Waals surface area contributed by atoms with E-state index in [1.54, 1.807) is 25.1 Å². The number of sulfonamides is 1. The lowest BCUT2D eigenvalue weighted by molar-refractivity contribution is -0.117. The van der Waals surface area contributed by atoms with Crippen LogP contribution in [0.1, 0.15) is 37.3 Å². The largest absolute Gasteiger partial charge is 0.493 e. The molecule has 2 N–H and O–H groups in total. The monoisotopic (exact) mass is 310 g/mol. The number of ether oxygens (including phenoxy) is 1. The van der Waals surface area contributed by atoms with Crippen LogP contribution in [0.4, 0.5) is 0 Å². The minimum Gasteiger partial charge on any atom is -0.493 e. The first-order valence-electron chi connectivity index (χ1n) is 6.71. The third-order valence-corrected chi connectivity index (χ3v) is 4.28. The number of carbonyl (C=O) groups excluding carboxylic acids is 1. The Kier molecular flexibility index (Phi) is 4.62. The second kappa shape index (κ2) is 6.26. The van der Waals surface area contributed by atoms with E-state index >= 15 is 0 Å². The third-order valence-electron chi connectivity index (χ3n) is 3.12. The fraction of sp³-hybridized carbons (Fsp3) is 0.429. The van der Waals surface area contributed by atoms with Gasteiger partial charge in [-0.05, 0) is 31.4 Å². The first-order valence-corrected chi connectivity index (χ1v) is 8.32. The smallest absolute Gasteiger partial charge is 0.259 e. The maximum atomic E-state index is 11.6. The highest BCUT2D eigenvalue weighted by atomic mass is 32.2. The Balaban J connectivity index is 2.08. The summed E-state index contributed by atoms with van der Waals surface area (Å²) in [4.78, 5) is 10.8. The van der Waals surface area contributed by atoms with Gasteiger partial charge in [-0.2, -0.15) is 0 Å². The Morgan fingerprint density at radius 1 is 1.38 bits per heavy atom. The molecule has 0 radical (unpaired) electrons. The normalized spacial score (nSPS) is 16.0. The Bertz CT molecular complexity index is 680. The molecule has 1 aromatic carbocycles. The van der Waals surface area contributed by atoms with Crippen LogP contribution in [0.5, 0.6) is 5.75 Å². The first-order chi connectivity index (χ1) is 9.89. The number of amidine groups is 1. The molecule has 21 heavy (non-hydrogen) atoms. The molecule has 1 aromatic rings. The van der Waals surface area contributed by atoms with Gasteiger partial charge in [0.1, 0.15) is 17.4 Å². The van der Waals surface area contributed by atoms with E-state index in [-0.39, 0.29) is 17.4 Å². The van der Waals surface area contributed by atoms with Crippen LogP contribution in [0.3, 0.4) is 0 Å². The van der Waals surface area contributed by atoms with Gasteiger partial charge < -0.3 is 15.3 Å². The van der Waals surface area contributed by atoms with Crippen LogP contribution < -0.4 is 10.5 Å². The summed E-state index contributed by atoms with van der Waals surface area (Å²) >= 11 is 0. The van der Waals surface area contributed by atoms with Gasteiger partial charge in [-0.25, -0.2) is 8.42 Å². The number of carbonyl (C=O) groups is 1. The van der Waals surface area contributed by atoms with E-state index in [1.807, 2.05) is 0 Å². The van der Waals surface area contributed by atoms with Gasteiger partial charge in [0, 0.05) is 6.42 Å². The van der Waals surface area contributed by atoms with Crippen molar-refractivity contribution in [3.63, 3.8) is 0 Å². The number of Topliss-reactive ketones (excluding diaryl/α,β-unsaturated/α-hetero) is 1. The number of hydrogen-bond donors (Lipinski definition) is 1. The summed E-state index contributed by atoms with van der Waals surface area (Å²) in [6.07, 6.45) is 2.05. The van der Waals surface area contributed by atoms with Crippen LogP contribution in [0.25, 0.3) is 0 Å². The number of nitrogens with two attached hydrogens (primary N) is 1. The summed E-state index contributed by atoms with van der Waals surface area (Å²) in [5, 5.41) is 0. The van der Waals surface area contributed by atoms with E-state index in [9.17, 15) is 13.2 Å². The molecular weight excluding hydrogens is 292 g/mol. The molecule has 1 aliphatic heterocycles. The summed E-state index contributed by atoms with van der Waals surface area (Å²) < 4.78 is 32.3. The number of benzene rings is 1. The lowest BCUT2D eigenvalue weighted by Crippen LogP contribution is -2.24. The maximum absolute atomic E-state index is 11.6. The van der Waals surface area contributed by atoms with Crippen molar-refractivity contribution in [2.75, 3.05) is 6.61 Å². The molecule has 1 heterocycles. The Hall–Kier alpha value is -1.89. The summed E-state index contributed by atoms with van der Waals surface area (Å²) in [5.74, 6) is 0.501. The number of ketones is 1. The second-order valence-electron chi connectivity index (χ2n) is 5.00. The van der Waals surface area contributed by atoms with Crippen molar-refractivity contribution in [1.29, 1.82) is 0 Å². The van der Waals surface area contributed by atoms with Crippen molar-refractivity contribution < 1.29 is 17.9 Å². The second-order valence-corrected chi connectivity index (χ2v) is 6.64. The maximum Gasteiger partial charge on any atom is 0.259 e. The van der Waals surface area contributed by atoms with E-state index in [0.717, 1.165) is 12.8 Å². The van der Waals surface area contributed by atoms with Crippen LogP contribution in [0.15, 0.2) is 22.6 Å². The molecule has 1 aliphatic rings. The van der Waals surface area contributed by atoms with Crippen LogP contribution in [0, 0.1) is 0 Å². The van der Waals surface area contributed by atoms with Crippen molar-refractivity contribution in [3.8, 4) is 5.75 Å². The van der Waals surface area contributed by atoms with E-state index in [0.29, 0.717) is 29.9 Å². The SMILES string of the molecule is CC(=O)CCCCOc1cccc2c1C(N)=NS(=O)(=O)C2. The van der Waals surface area contributed by atoms with Gasteiger partial charge in [-0.15, -0.1) is 4.40 Å². The quantitative estimate of drug-likeness (QED) is 0.800. The molecule has 0 amide bonds. The van der Waals surface area contributed by atoms with Crippen molar-refractivity contribution >= 4 is 21.6 Å². The summed E-state index contributed by atoms with van der Waals surface area (Å²) in [5.41, 5.74) is 6.89.